The lowest BCUT2D eigenvalue weighted by Gasteiger charge is -2.34. The second-order valence-electron chi connectivity index (χ2n) is 6.84. The summed E-state index contributed by atoms with van der Waals surface area (Å²) in [5, 5.41) is 3.81. The first-order valence-electron chi connectivity index (χ1n) is 8.56. The van der Waals surface area contributed by atoms with Crippen LogP contribution in [0.15, 0.2) is 18.5 Å². The van der Waals surface area contributed by atoms with Crippen LogP contribution in [0.4, 0.5) is 5.95 Å². The van der Waals surface area contributed by atoms with Gasteiger partial charge in [-0.25, -0.2) is 9.97 Å². The van der Waals surface area contributed by atoms with Crippen LogP contribution in [0.1, 0.15) is 45.4 Å². The van der Waals surface area contributed by atoms with E-state index < -0.39 is 0 Å². The van der Waals surface area contributed by atoms with Crippen LogP contribution >= 0.6 is 0 Å². The van der Waals surface area contributed by atoms with Crippen molar-refractivity contribution < 1.29 is 0 Å². The molecule has 2 heterocycles. The van der Waals surface area contributed by atoms with Crippen LogP contribution in [0.2, 0.25) is 0 Å². The van der Waals surface area contributed by atoms with Crippen molar-refractivity contribution in [3.8, 4) is 0 Å². The van der Waals surface area contributed by atoms with E-state index in [0.717, 1.165) is 30.9 Å². The summed E-state index contributed by atoms with van der Waals surface area (Å²) in [4.78, 5) is 11.0. The predicted octanol–water partition coefficient (Wildman–Crippen LogP) is 2.86. The Balaban J connectivity index is 1.38. The van der Waals surface area contributed by atoms with Gasteiger partial charge in [0.2, 0.25) is 5.95 Å². The maximum atomic E-state index is 4.35. The Hall–Kier alpha value is -1.16. The van der Waals surface area contributed by atoms with Gasteiger partial charge < -0.3 is 10.2 Å². The summed E-state index contributed by atoms with van der Waals surface area (Å²) in [6, 6.07) is 2.56. The summed E-state index contributed by atoms with van der Waals surface area (Å²) >= 11 is 0. The minimum atomic E-state index is 0.685. The molecular formula is C17H28N4. The molecule has 0 radical (unpaired) electrons. The summed E-state index contributed by atoms with van der Waals surface area (Å²) in [6.07, 6.45) is 11.8. The Morgan fingerprint density at radius 1 is 1.05 bits per heavy atom. The highest BCUT2D eigenvalue weighted by molar-refractivity contribution is 5.29. The second-order valence-corrected chi connectivity index (χ2v) is 6.84. The van der Waals surface area contributed by atoms with Crippen LogP contribution in [0.5, 0.6) is 0 Å². The molecule has 1 aromatic heterocycles. The van der Waals surface area contributed by atoms with Crippen molar-refractivity contribution in [2.75, 3.05) is 24.5 Å². The quantitative estimate of drug-likeness (QED) is 0.925. The molecule has 1 aromatic rings. The average molecular weight is 288 g/mol. The number of hydrogen-bond donors (Lipinski definition) is 1. The minimum Gasteiger partial charge on any atom is -0.341 e. The van der Waals surface area contributed by atoms with Gasteiger partial charge in [0.15, 0.2) is 0 Å². The molecular weight excluding hydrogens is 260 g/mol. The number of rotatable bonds is 4. The topological polar surface area (TPSA) is 41.0 Å². The fourth-order valence-electron chi connectivity index (χ4n) is 3.60. The number of nitrogens with zero attached hydrogens (tertiary/aromatic N) is 3. The van der Waals surface area contributed by atoms with Crippen molar-refractivity contribution in [3.05, 3.63) is 18.5 Å². The molecule has 0 aromatic carbocycles. The lowest BCUT2D eigenvalue weighted by atomic mass is 9.83. The van der Waals surface area contributed by atoms with Gasteiger partial charge in [-0.2, -0.15) is 0 Å². The monoisotopic (exact) mass is 288 g/mol. The molecule has 21 heavy (non-hydrogen) atoms. The van der Waals surface area contributed by atoms with Crippen LogP contribution in [-0.2, 0) is 0 Å². The van der Waals surface area contributed by atoms with Gasteiger partial charge in [-0.05, 0) is 50.1 Å². The van der Waals surface area contributed by atoms with E-state index in [0.29, 0.717) is 6.04 Å². The van der Waals surface area contributed by atoms with Gasteiger partial charge >= 0.3 is 0 Å². The Bertz CT molecular complexity index is 406. The molecule has 0 bridgehead atoms. The fraction of sp³-hybridized carbons (Fsp3) is 0.765. The summed E-state index contributed by atoms with van der Waals surface area (Å²) < 4.78 is 0. The summed E-state index contributed by atoms with van der Waals surface area (Å²) in [5.41, 5.74) is 0. The van der Waals surface area contributed by atoms with E-state index in [1.165, 1.54) is 45.1 Å². The van der Waals surface area contributed by atoms with E-state index in [4.69, 9.17) is 0 Å². The molecule has 3 rings (SSSR count). The van der Waals surface area contributed by atoms with Crippen LogP contribution in [0.3, 0.4) is 0 Å². The van der Waals surface area contributed by atoms with E-state index in [1.54, 1.807) is 0 Å². The molecule has 4 nitrogen and oxygen atoms in total. The van der Waals surface area contributed by atoms with Crippen molar-refractivity contribution in [1.82, 2.24) is 15.3 Å². The Morgan fingerprint density at radius 2 is 1.71 bits per heavy atom. The highest BCUT2D eigenvalue weighted by Crippen LogP contribution is 2.28. The van der Waals surface area contributed by atoms with Crippen molar-refractivity contribution in [1.29, 1.82) is 0 Å². The second kappa shape index (κ2) is 7.21. The SMILES string of the molecule is CC1CCC(CNC2CCN(c3ncccn3)CC2)CC1. The molecule has 2 fully saturated rings. The zero-order valence-corrected chi connectivity index (χ0v) is 13.2. The molecule has 1 aliphatic heterocycles. The van der Waals surface area contributed by atoms with Crippen LogP contribution < -0.4 is 10.2 Å². The van der Waals surface area contributed by atoms with Crippen LogP contribution in [-0.4, -0.2) is 35.6 Å². The number of hydrogen-bond acceptors (Lipinski definition) is 4. The van der Waals surface area contributed by atoms with Gasteiger partial charge in [-0.1, -0.05) is 19.8 Å². The van der Waals surface area contributed by atoms with Crippen LogP contribution in [0.25, 0.3) is 0 Å². The van der Waals surface area contributed by atoms with E-state index in [-0.39, 0.29) is 0 Å². The minimum absolute atomic E-state index is 0.685. The van der Waals surface area contributed by atoms with Crippen molar-refractivity contribution in [3.63, 3.8) is 0 Å². The smallest absolute Gasteiger partial charge is 0.225 e. The van der Waals surface area contributed by atoms with E-state index >= 15 is 0 Å². The summed E-state index contributed by atoms with van der Waals surface area (Å²) in [7, 11) is 0. The normalized spacial score (nSPS) is 27.8. The Kier molecular flexibility index (Phi) is 5.07. The standard InChI is InChI=1S/C17H28N4/c1-14-3-5-15(6-4-14)13-20-16-7-11-21(12-8-16)17-18-9-2-10-19-17/h2,9-10,14-16,20H,3-8,11-13H2,1H3. The molecule has 116 valence electrons. The third kappa shape index (κ3) is 4.16. The molecule has 0 amide bonds. The van der Waals surface area contributed by atoms with Gasteiger partial charge in [0.1, 0.15) is 0 Å². The average Bonchev–Trinajstić information content (AvgIpc) is 2.56. The fourth-order valence-corrected chi connectivity index (χ4v) is 3.60. The summed E-state index contributed by atoms with van der Waals surface area (Å²) in [5.74, 6) is 2.75. The molecule has 2 aliphatic rings. The molecule has 1 saturated carbocycles. The van der Waals surface area contributed by atoms with Crippen molar-refractivity contribution >= 4 is 5.95 Å². The Labute approximate surface area is 128 Å². The molecule has 1 aliphatic carbocycles. The van der Waals surface area contributed by atoms with Crippen molar-refractivity contribution in [2.45, 2.75) is 51.5 Å². The molecule has 4 heteroatoms. The molecule has 0 atom stereocenters. The number of nitrogens with one attached hydrogen (secondary N) is 1. The first-order chi connectivity index (χ1) is 10.3. The first kappa shape index (κ1) is 14.8. The third-order valence-electron chi connectivity index (χ3n) is 5.16. The lowest BCUT2D eigenvalue weighted by molar-refractivity contribution is 0.267. The summed E-state index contributed by atoms with van der Waals surface area (Å²) in [6.45, 7) is 5.76. The first-order valence-corrected chi connectivity index (χ1v) is 8.56. The highest BCUT2D eigenvalue weighted by atomic mass is 15.3. The van der Waals surface area contributed by atoms with Gasteiger partial charge in [-0.15, -0.1) is 0 Å². The maximum absolute atomic E-state index is 4.35. The zero-order chi connectivity index (χ0) is 14.5. The molecule has 1 N–H and O–H groups in total. The van der Waals surface area contributed by atoms with Gasteiger partial charge in [0, 0.05) is 31.5 Å². The largest absolute Gasteiger partial charge is 0.341 e. The van der Waals surface area contributed by atoms with Gasteiger partial charge in [-0.3, -0.25) is 0 Å². The predicted molar refractivity (Wildman–Crippen MR) is 86.4 cm³/mol. The van der Waals surface area contributed by atoms with Gasteiger partial charge in [0.25, 0.3) is 0 Å². The molecule has 1 saturated heterocycles. The zero-order valence-electron chi connectivity index (χ0n) is 13.2. The number of piperidine rings is 1. The van der Waals surface area contributed by atoms with Crippen molar-refractivity contribution in [2.24, 2.45) is 11.8 Å². The van der Waals surface area contributed by atoms with Gasteiger partial charge in [0.05, 0.1) is 0 Å². The molecule has 0 unspecified atom stereocenters. The third-order valence-corrected chi connectivity index (χ3v) is 5.16. The highest BCUT2D eigenvalue weighted by Gasteiger charge is 2.23. The van der Waals surface area contributed by atoms with E-state index in [9.17, 15) is 0 Å². The maximum Gasteiger partial charge on any atom is 0.225 e. The number of aromatic nitrogens is 2. The lowest BCUT2D eigenvalue weighted by Crippen LogP contribution is -2.44. The van der Waals surface area contributed by atoms with E-state index in [1.807, 2.05) is 18.5 Å². The van der Waals surface area contributed by atoms with E-state index in [2.05, 4.69) is 27.1 Å². The number of anilines is 1. The molecule has 0 spiro atoms. The van der Waals surface area contributed by atoms with Crippen LogP contribution in [0, 0.1) is 11.8 Å². The Morgan fingerprint density at radius 3 is 2.38 bits per heavy atom.